The second-order valence-electron chi connectivity index (χ2n) is 4.18. The van der Waals surface area contributed by atoms with Crippen LogP contribution < -0.4 is 10.9 Å². The first kappa shape index (κ1) is 14.3. The number of carbonyl (C=O) groups excluding carboxylic acids is 1. The van der Waals surface area contributed by atoms with Gasteiger partial charge in [-0.15, -0.1) is 11.6 Å². The normalized spacial score (nSPS) is 10.6. The number of halogens is 1. The SMILES string of the molecule is CCc1cc(=O)[nH]c(-n2nc(C)cc2NC(=O)CCl)n1. The number of alkyl halides is 1. The maximum absolute atomic E-state index is 11.6. The smallest absolute Gasteiger partial charge is 0.252 e. The second-order valence-corrected chi connectivity index (χ2v) is 4.45. The highest BCUT2D eigenvalue weighted by atomic mass is 35.5. The lowest BCUT2D eigenvalue weighted by atomic mass is 10.3. The summed E-state index contributed by atoms with van der Waals surface area (Å²) in [5.74, 6) is 0.141. The van der Waals surface area contributed by atoms with E-state index >= 15 is 0 Å². The first-order chi connectivity index (χ1) is 9.53. The molecule has 0 atom stereocenters. The summed E-state index contributed by atoms with van der Waals surface area (Å²) in [6, 6.07) is 3.10. The van der Waals surface area contributed by atoms with Crippen LogP contribution in [0.2, 0.25) is 0 Å². The number of nitrogens with one attached hydrogen (secondary N) is 2. The van der Waals surface area contributed by atoms with Gasteiger partial charge in [0.15, 0.2) is 0 Å². The zero-order valence-corrected chi connectivity index (χ0v) is 11.9. The van der Waals surface area contributed by atoms with Crippen molar-refractivity contribution in [1.82, 2.24) is 19.7 Å². The Bertz CT molecular complexity index is 691. The van der Waals surface area contributed by atoms with Crippen molar-refractivity contribution >= 4 is 23.3 Å². The number of nitrogens with zero attached hydrogens (tertiary/aromatic N) is 3. The van der Waals surface area contributed by atoms with E-state index < -0.39 is 0 Å². The summed E-state index contributed by atoms with van der Waals surface area (Å²) in [5, 5.41) is 6.81. The number of hydrogen-bond donors (Lipinski definition) is 2. The third-order valence-electron chi connectivity index (χ3n) is 2.57. The fraction of sp³-hybridized carbons (Fsp3) is 0.333. The molecule has 20 heavy (non-hydrogen) atoms. The number of carbonyl (C=O) groups is 1. The molecule has 0 aromatic carbocycles. The molecule has 0 bridgehead atoms. The van der Waals surface area contributed by atoms with Crippen molar-refractivity contribution < 1.29 is 4.79 Å². The largest absolute Gasteiger partial charge is 0.309 e. The van der Waals surface area contributed by atoms with E-state index in [-0.39, 0.29) is 23.3 Å². The van der Waals surface area contributed by atoms with Crippen LogP contribution in [0.5, 0.6) is 0 Å². The quantitative estimate of drug-likeness (QED) is 0.823. The number of H-pyrrole nitrogens is 1. The van der Waals surface area contributed by atoms with Crippen molar-refractivity contribution in [3.8, 4) is 5.95 Å². The van der Waals surface area contributed by atoms with Crippen LogP contribution in [-0.2, 0) is 11.2 Å². The van der Waals surface area contributed by atoms with E-state index in [1.54, 1.807) is 13.0 Å². The minimum Gasteiger partial charge on any atom is -0.309 e. The molecule has 2 N–H and O–H groups in total. The molecule has 1 amide bonds. The molecular weight excluding hydrogens is 282 g/mol. The summed E-state index contributed by atoms with van der Waals surface area (Å²) in [5.41, 5.74) is 1.06. The Morgan fingerprint density at radius 1 is 1.50 bits per heavy atom. The number of hydrogen-bond acceptors (Lipinski definition) is 4. The van der Waals surface area contributed by atoms with E-state index in [2.05, 4.69) is 20.4 Å². The van der Waals surface area contributed by atoms with Gasteiger partial charge in [0.25, 0.3) is 5.56 Å². The zero-order valence-electron chi connectivity index (χ0n) is 11.1. The molecule has 7 nitrogen and oxygen atoms in total. The number of aryl methyl sites for hydroxylation is 2. The van der Waals surface area contributed by atoms with Crippen molar-refractivity contribution in [3.63, 3.8) is 0 Å². The number of amides is 1. The Hall–Kier alpha value is -2.15. The minimum atomic E-state index is -0.359. The molecule has 2 heterocycles. The Balaban J connectivity index is 2.49. The van der Waals surface area contributed by atoms with E-state index in [1.165, 1.54) is 10.7 Å². The van der Waals surface area contributed by atoms with Gasteiger partial charge in [0.2, 0.25) is 11.9 Å². The van der Waals surface area contributed by atoms with Crippen LogP contribution in [0.15, 0.2) is 16.9 Å². The van der Waals surface area contributed by atoms with E-state index in [4.69, 9.17) is 11.6 Å². The van der Waals surface area contributed by atoms with Gasteiger partial charge in [-0.1, -0.05) is 6.92 Å². The highest BCUT2D eigenvalue weighted by Gasteiger charge is 2.12. The van der Waals surface area contributed by atoms with Crippen LogP contribution in [0.4, 0.5) is 5.82 Å². The predicted molar refractivity (Wildman–Crippen MR) is 75.4 cm³/mol. The standard InChI is InChI=1S/C12H14ClN5O2/c1-3-8-5-10(19)16-12(14-8)18-9(4-7(2)17-18)15-11(20)6-13/h4-5H,3,6H2,1-2H3,(H,15,20)(H,14,16,19). The minimum absolute atomic E-state index is 0.164. The van der Waals surface area contributed by atoms with E-state index in [9.17, 15) is 9.59 Å². The maximum Gasteiger partial charge on any atom is 0.252 e. The topological polar surface area (TPSA) is 92.7 Å². The molecule has 8 heteroatoms. The molecule has 0 unspecified atom stereocenters. The summed E-state index contributed by atoms with van der Waals surface area (Å²) in [7, 11) is 0. The van der Waals surface area contributed by atoms with Gasteiger partial charge in [0, 0.05) is 17.8 Å². The number of anilines is 1. The van der Waals surface area contributed by atoms with E-state index in [1.807, 2.05) is 6.92 Å². The summed E-state index contributed by atoms with van der Waals surface area (Å²) in [4.78, 5) is 29.9. The molecule has 0 saturated carbocycles. The molecule has 2 aromatic rings. The van der Waals surface area contributed by atoms with Crippen molar-refractivity contribution in [2.24, 2.45) is 0 Å². The molecular formula is C12H14ClN5O2. The highest BCUT2D eigenvalue weighted by molar-refractivity contribution is 6.29. The van der Waals surface area contributed by atoms with Crippen molar-refractivity contribution in [1.29, 1.82) is 0 Å². The second kappa shape index (κ2) is 5.87. The van der Waals surface area contributed by atoms with Gasteiger partial charge in [-0.3, -0.25) is 14.6 Å². The molecule has 2 rings (SSSR count). The van der Waals surface area contributed by atoms with Gasteiger partial charge in [0.05, 0.1) is 5.69 Å². The Morgan fingerprint density at radius 3 is 2.90 bits per heavy atom. The zero-order chi connectivity index (χ0) is 14.7. The predicted octanol–water partition coefficient (Wildman–Crippen LogP) is 1.00. The van der Waals surface area contributed by atoms with Crippen LogP contribution >= 0.6 is 11.6 Å². The Labute approximate surface area is 120 Å². The third kappa shape index (κ3) is 3.05. The van der Waals surface area contributed by atoms with Crippen LogP contribution in [0.25, 0.3) is 5.95 Å². The van der Waals surface area contributed by atoms with Gasteiger partial charge in [0.1, 0.15) is 11.7 Å². The fourth-order valence-electron chi connectivity index (χ4n) is 1.70. The molecule has 0 spiro atoms. The third-order valence-corrected chi connectivity index (χ3v) is 2.81. The molecule has 0 aliphatic rings. The Morgan fingerprint density at radius 2 is 2.25 bits per heavy atom. The molecule has 0 aliphatic heterocycles. The van der Waals surface area contributed by atoms with Crippen molar-refractivity contribution in [2.45, 2.75) is 20.3 Å². The van der Waals surface area contributed by atoms with Crippen LogP contribution in [-0.4, -0.2) is 31.5 Å². The average molecular weight is 296 g/mol. The number of aromatic nitrogens is 4. The average Bonchev–Trinajstić information content (AvgIpc) is 2.78. The first-order valence-corrected chi connectivity index (χ1v) is 6.60. The Kier molecular flexibility index (Phi) is 4.19. The summed E-state index contributed by atoms with van der Waals surface area (Å²) < 4.78 is 1.38. The highest BCUT2D eigenvalue weighted by Crippen LogP contribution is 2.14. The fourth-order valence-corrected chi connectivity index (χ4v) is 1.77. The van der Waals surface area contributed by atoms with Gasteiger partial charge in [-0.05, 0) is 13.3 Å². The molecule has 0 radical (unpaired) electrons. The van der Waals surface area contributed by atoms with Crippen LogP contribution in [0, 0.1) is 6.92 Å². The lowest BCUT2D eigenvalue weighted by molar-refractivity contribution is -0.114. The molecule has 0 aliphatic carbocycles. The number of aromatic amines is 1. The lowest BCUT2D eigenvalue weighted by Crippen LogP contribution is -2.19. The lowest BCUT2D eigenvalue weighted by Gasteiger charge is -2.07. The van der Waals surface area contributed by atoms with Crippen LogP contribution in [0.1, 0.15) is 18.3 Å². The van der Waals surface area contributed by atoms with Crippen molar-refractivity contribution in [2.75, 3.05) is 11.2 Å². The maximum atomic E-state index is 11.6. The molecule has 2 aromatic heterocycles. The molecule has 106 valence electrons. The van der Waals surface area contributed by atoms with Gasteiger partial charge >= 0.3 is 0 Å². The summed E-state index contributed by atoms with van der Waals surface area (Å²) in [6.45, 7) is 3.67. The van der Waals surface area contributed by atoms with Gasteiger partial charge in [-0.25, -0.2) is 4.98 Å². The summed E-state index contributed by atoms with van der Waals surface area (Å²) in [6.07, 6.45) is 0.626. The molecule has 0 fully saturated rings. The molecule has 0 saturated heterocycles. The number of rotatable bonds is 4. The van der Waals surface area contributed by atoms with Gasteiger partial charge < -0.3 is 5.32 Å². The monoisotopic (exact) mass is 295 g/mol. The van der Waals surface area contributed by atoms with Crippen molar-refractivity contribution in [3.05, 3.63) is 33.9 Å². The summed E-state index contributed by atoms with van der Waals surface area (Å²) >= 11 is 5.46. The first-order valence-electron chi connectivity index (χ1n) is 6.06. The van der Waals surface area contributed by atoms with Crippen LogP contribution in [0.3, 0.4) is 0 Å². The van der Waals surface area contributed by atoms with E-state index in [0.717, 1.165) is 0 Å². The van der Waals surface area contributed by atoms with Gasteiger partial charge in [-0.2, -0.15) is 9.78 Å². The van der Waals surface area contributed by atoms with E-state index in [0.29, 0.717) is 23.6 Å².